The van der Waals surface area contributed by atoms with Crippen molar-refractivity contribution in [3.63, 3.8) is 0 Å². The number of aromatic nitrogens is 4. The summed E-state index contributed by atoms with van der Waals surface area (Å²) in [5, 5.41) is 30.0. The number of hydrogen-bond acceptors (Lipinski definition) is 16. The molecular formula is C31H46N6O13P2S2. The Hall–Kier alpha value is -2.25. The third-order valence-electron chi connectivity index (χ3n) is 9.08. The van der Waals surface area contributed by atoms with Gasteiger partial charge in [0.15, 0.2) is 0 Å². The van der Waals surface area contributed by atoms with Gasteiger partial charge in [0.25, 0.3) is 17.8 Å². The first-order valence-electron chi connectivity index (χ1n) is 17.6. The fourth-order valence-corrected chi connectivity index (χ4v) is 11.1. The van der Waals surface area contributed by atoms with Gasteiger partial charge in [0.2, 0.25) is 0 Å². The molecule has 23 heteroatoms. The van der Waals surface area contributed by atoms with Crippen molar-refractivity contribution in [2.45, 2.75) is 95.7 Å². The lowest BCUT2D eigenvalue weighted by Gasteiger charge is -2.30. The van der Waals surface area contributed by atoms with Gasteiger partial charge in [-0.25, -0.2) is 14.3 Å². The van der Waals surface area contributed by atoms with Crippen LogP contribution in [-0.2, 0) is 55.7 Å². The number of nitrogens with one attached hydrogen (secondary N) is 2. The minimum absolute atomic E-state index is 0.0206. The molecule has 300 valence electrons. The molecule has 54 heavy (non-hydrogen) atoms. The Morgan fingerprint density at radius 2 is 1.43 bits per heavy atom. The van der Waals surface area contributed by atoms with Gasteiger partial charge < -0.3 is 42.3 Å². The van der Waals surface area contributed by atoms with E-state index in [2.05, 4.69) is 16.0 Å². The summed E-state index contributed by atoms with van der Waals surface area (Å²) in [7, 11) is 0. The number of nitrogens with zero attached hydrogens (tertiary/aromatic N) is 4. The molecular weight excluding hydrogens is 790 g/mol. The van der Waals surface area contributed by atoms with Crippen molar-refractivity contribution >= 4 is 37.0 Å². The van der Waals surface area contributed by atoms with Crippen LogP contribution in [0.15, 0.2) is 31.6 Å². The van der Waals surface area contributed by atoms with E-state index < -0.39 is 79.3 Å². The van der Waals surface area contributed by atoms with Gasteiger partial charge in [-0.1, -0.05) is 0 Å². The van der Waals surface area contributed by atoms with Gasteiger partial charge in [-0.15, -0.1) is 0 Å². The average Bonchev–Trinajstić information content (AvgIpc) is 3.90. The first kappa shape index (κ1) is 42.9. The van der Waals surface area contributed by atoms with Gasteiger partial charge in [0, 0.05) is 49.5 Å². The van der Waals surface area contributed by atoms with E-state index in [-0.39, 0.29) is 56.8 Å². The Balaban J connectivity index is 1.25. The van der Waals surface area contributed by atoms with Crippen LogP contribution < -0.4 is 22.5 Å². The Morgan fingerprint density at radius 3 is 2.02 bits per heavy atom. The van der Waals surface area contributed by atoms with Crippen LogP contribution in [0.4, 0.5) is 0 Å². The molecule has 5 heterocycles. The number of hydrogen-bond donors (Lipinski definition) is 4. The fourth-order valence-electron chi connectivity index (χ4n) is 6.12. The lowest BCUT2D eigenvalue weighted by atomic mass is 10.2. The lowest BCUT2D eigenvalue weighted by molar-refractivity contribution is -0.0549. The number of aromatic amines is 2. The molecule has 0 spiro atoms. The average molecular weight is 837 g/mol. The molecule has 3 aliphatic rings. The van der Waals surface area contributed by atoms with Crippen molar-refractivity contribution < 1.29 is 42.3 Å². The quantitative estimate of drug-likeness (QED) is 0.115. The zero-order valence-electron chi connectivity index (χ0n) is 29.9. The van der Waals surface area contributed by atoms with Crippen LogP contribution >= 0.6 is 13.4 Å². The molecule has 2 aromatic heterocycles. The van der Waals surface area contributed by atoms with E-state index >= 15 is 0 Å². The van der Waals surface area contributed by atoms with Crippen LogP contribution in [0, 0.1) is 25.2 Å². The van der Waals surface area contributed by atoms with Gasteiger partial charge in [0.05, 0.1) is 57.7 Å². The maximum Gasteiger partial charge on any atom is 0.330 e. The van der Waals surface area contributed by atoms with Gasteiger partial charge in [-0.3, -0.25) is 28.7 Å². The molecule has 0 bridgehead atoms. The second kappa shape index (κ2) is 19.3. The van der Waals surface area contributed by atoms with E-state index in [1.54, 1.807) is 0 Å². The summed E-state index contributed by atoms with van der Waals surface area (Å²) < 4.78 is 46.8. The predicted molar refractivity (Wildman–Crippen MR) is 200 cm³/mol. The first-order valence-corrected chi connectivity index (χ1v) is 22.7. The molecule has 2 aromatic rings. The molecule has 0 amide bonds. The van der Waals surface area contributed by atoms with Gasteiger partial charge in [-0.2, -0.15) is 5.26 Å². The van der Waals surface area contributed by atoms with Crippen LogP contribution in [-0.4, -0.2) is 105 Å². The van der Waals surface area contributed by atoms with Crippen LogP contribution in [0.25, 0.3) is 0 Å². The zero-order valence-corrected chi connectivity index (χ0v) is 33.3. The number of aliphatic hydroxyl groups is 2. The topological polar surface area (TPSA) is 242 Å². The highest BCUT2D eigenvalue weighted by Gasteiger charge is 2.43. The normalized spacial score (nSPS) is 26.8. The summed E-state index contributed by atoms with van der Waals surface area (Å²) in [6.07, 6.45) is 0.190. The maximum absolute atomic E-state index is 12.6. The molecule has 19 nitrogen and oxygen atoms in total. The fraction of sp³-hybridized carbons (Fsp3) is 0.710. The van der Waals surface area contributed by atoms with Crippen LogP contribution in [0.1, 0.15) is 68.5 Å². The summed E-state index contributed by atoms with van der Waals surface area (Å²) >= 11 is 11.6. The summed E-state index contributed by atoms with van der Waals surface area (Å²) in [6, 6.07) is 2.05. The van der Waals surface area contributed by atoms with Crippen molar-refractivity contribution in [1.82, 2.24) is 23.8 Å². The SMILES string of the molecule is Cc1cn(C2CC(O)C(COP(=S)(OCCCCOP(=S)(OCCC#N)N3CCCC3)OC3CC(n4cc(C)c(=O)[nH]c4=O)OC3CO)O2)c(=O)[nH]c1=O. The van der Waals surface area contributed by atoms with E-state index in [4.69, 9.17) is 61.0 Å². The van der Waals surface area contributed by atoms with Crippen molar-refractivity contribution in [2.24, 2.45) is 0 Å². The van der Waals surface area contributed by atoms with E-state index in [0.717, 1.165) is 25.9 Å². The maximum atomic E-state index is 12.6. The minimum Gasteiger partial charge on any atom is -0.394 e. The predicted octanol–water partition coefficient (Wildman–Crippen LogP) is 1.32. The minimum atomic E-state index is -3.71. The smallest absolute Gasteiger partial charge is 0.330 e. The standard InChI is InChI=1S/C31H46N6O13P2S2/c1-20-16-36(30(42)33-28(20)40)26-14-22(39)25(49-26)19-47-52(54,46-12-6-5-11-44-51(53,45-13-7-8-32)35-9-3-4-10-35)50-23-15-27(48-24(23)18-38)37-17-21(2)29(41)34-31(37)43/h16-17,22-27,38-39H,3-7,9-15,18-19H2,1-2H3,(H,33,40,42)(H,34,41,43). The molecule has 5 rings (SSSR count). The molecule has 0 radical (unpaired) electrons. The highest BCUT2D eigenvalue weighted by molar-refractivity contribution is 8.08. The third kappa shape index (κ3) is 10.8. The van der Waals surface area contributed by atoms with E-state index in [1.165, 1.54) is 35.4 Å². The monoisotopic (exact) mass is 836 g/mol. The van der Waals surface area contributed by atoms with E-state index in [9.17, 15) is 29.4 Å². The van der Waals surface area contributed by atoms with Crippen LogP contribution in [0.2, 0.25) is 0 Å². The third-order valence-corrected chi connectivity index (χ3v) is 14.9. The second-order valence-electron chi connectivity index (χ2n) is 13.1. The Morgan fingerprint density at radius 1 is 0.870 bits per heavy atom. The molecule has 0 saturated carbocycles. The molecule has 3 fully saturated rings. The summed E-state index contributed by atoms with van der Waals surface area (Å²) in [4.78, 5) is 53.4. The number of aliphatic hydroxyl groups excluding tert-OH is 2. The highest BCUT2D eigenvalue weighted by Crippen LogP contribution is 2.55. The van der Waals surface area contributed by atoms with Gasteiger partial charge >= 0.3 is 18.1 Å². The highest BCUT2D eigenvalue weighted by atomic mass is 32.5. The number of unbranched alkanes of at least 4 members (excludes halogenated alkanes) is 1. The van der Waals surface area contributed by atoms with Crippen LogP contribution in [0.5, 0.6) is 0 Å². The summed E-state index contributed by atoms with van der Waals surface area (Å²) in [5.74, 6) is 0. The van der Waals surface area contributed by atoms with Gasteiger partial charge in [-0.05, 0) is 63.1 Å². The number of aryl methyl sites for hydroxylation is 2. The molecule has 8 unspecified atom stereocenters. The van der Waals surface area contributed by atoms with E-state index in [0.29, 0.717) is 12.8 Å². The number of H-pyrrole nitrogens is 2. The van der Waals surface area contributed by atoms with E-state index in [1.807, 2.05) is 4.67 Å². The first-order chi connectivity index (χ1) is 25.8. The Labute approximate surface area is 320 Å². The molecule has 8 atom stereocenters. The molecule has 0 aliphatic carbocycles. The Bertz CT molecular complexity index is 1980. The number of ether oxygens (including phenoxy) is 2. The lowest BCUT2D eigenvalue weighted by Crippen LogP contribution is -2.33. The van der Waals surface area contributed by atoms with Gasteiger partial charge in [0.1, 0.15) is 24.7 Å². The molecule has 3 aliphatic heterocycles. The largest absolute Gasteiger partial charge is 0.394 e. The number of nitriles is 1. The van der Waals surface area contributed by atoms with Crippen molar-refractivity contribution in [1.29, 1.82) is 5.26 Å². The van der Waals surface area contributed by atoms with Crippen LogP contribution in [0.3, 0.4) is 0 Å². The molecule has 0 aromatic carbocycles. The van der Waals surface area contributed by atoms with Crippen molar-refractivity contribution in [2.75, 3.05) is 46.1 Å². The second-order valence-corrected chi connectivity index (χ2v) is 19.4. The van der Waals surface area contributed by atoms with Crippen molar-refractivity contribution in [3.05, 3.63) is 65.2 Å². The molecule has 4 N–H and O–H groups in total. The zero-order chi connectivity index (χ0) is 39.0. The Kier molecular flexibility index (Phi) is 15.3. The summed E-state index contributed by atoms with van der Waals surface area (Å²) in [6.45, 7) is -2.14. The molecule has 3 saturated heterocycles. The van der Waals surface area contributed by atoms with Crippen molar-refractivity contribution in [3.8, 4) is 6.07 Å². The summed E-state index contributed by atoms with van der Waals surface area (Å²) in [5.41, 5.74) is -1.90. The number of rotatable bonds is 19.